The van der Waals surface area contributed by atoms with E-state index in [2.05, 4.69) is 25.6 Å². The monoisotopic (exact) mass is 468 g/mol. The fourth-order valence-corrected chi connectivity index (χ4v) is 4.61. The Bertz CT molecular complexity index is 1360. The molecule has 0 saturated heterocycles. The highest BCUT2D eigenvalue weighted by atomic mass is 79.9. The van der Waals surface area contributed by atoms with Gasteiger partial charge in [-0.3, -0.25) is 9.52 Å². The van der Waals surface area contributed by atoms with Gasteiger partial charge in [0.15, 0.2) is 0 Å². The molecule has 0 amide bonds. The Hall–Kier alpha value is -2.90. The van der Waals surface area contributed by atoms with E-state index >= 15 is 0 Å². The number of halogens is 1. The van der Waals surface area contributed by atoms with Gasteiger partial charge in [-0.1, -0.05) is 64.0 Å². The minimum Gasteiger partial charge on any atom is -0.320 e. The van der Waals surface area contributed by atoms with Crippen molar-refractivity contribution in [1.29, 1.82) is 0 Å². The number of benzene rings is 3. The molecule has 7 heteroatoms. The van der Waals surface area contributed by atoms with Crippen LogP contribution in [0.3, 0.4) is 0 Å². The van der Waals surface area contributed by atoms with E-state index < -0.39 is 15.6 Å². The third-order valence-corrected chi connectivity index (χ3v) is 6.47. The molecule has 4 rings (SSSR count). The Morgan fingerprint density at radius 1 is 0.931 bits per heavy atom. The predicted molar refractivity (Wildman–Crippen MR) is 120 cm³/mol. The van der Waals surface area contributed by atoms with Crippen molar-refractivity contribution in [1.82, 2.24) is 4.98 Å². The summed E-state index contributed by atoms with van der Waals surface area (Å²) in [4.78, 5) is 15.8. The lowest BCUT2D eigenvalue weighted by molar-refractivity contribution is 0.601. The van der Waals surface area contributed by atoms with Crippen LogP contribution in [0.15, 0.2) is 87.0 Å². The van der Waals surface area contributed by atoms with Gasteiger partial charge in [0.2, 0.25) is 0 Å². The van der Waals surface area contributed by atoms with Crippen LogP contribution < -0.4 is 10.3 Å². The van der Waals surface area contributed by atoms with Gasteiger partial charge in [-0.05, 0) is 42.8 Å². The van der Waals surface area contributed by atoms with Gasteiger partial charge in [0, 0.05) is 20.9 Å². The molecule has 0 spiro atoms. The van der Waals surface area contributed by atoms with Gasteiger partial charge in [-0.15, -0.1) is 0 Å². The van der Waals surface area contributed by atoms with E-state index in [4.69, 9.17) is 0 Å². The van der Waals surface area contributed by atoms with Gasteiger partial charge < -0.3 is 4.98 Å². The summed E-state index contributed by atoms with van der Waals surface area (Å²) in [5.74, 6) is 0. The quantitative estimate of drug-likeness (QED) is 0.438. The van der Waals surface area contributed by atoms with Gasteiger partial charge in [-0.25, -0.2) is 8.42 Å². The number of hydrogen-bond acceptors (Lipinski definition) is 3. The van der Waals surface area contributed by atoms with E-state index in [0.29, 0.717) is 11.1 Å². The van der Waals surface area contributed by atoms with Gasteiger partial charge in [0.25, 0.3) is 15.6 Å². The van der Waals surface area contributed by atoms with Crippen LogP contribution in [0.2, 0.25) is 0 Å². The highest BCUT2D eigenvalue weighted by molar-refractivity contribution is 9.10. The van der Waals surface area contributed by atoms with Crippen LogP contribution in [-0.4, -0.2) is 13.4 Å². The first kappa shape index (κ1) is 19.4. The molecule has 0 radical (unpaired) electrons. The lowest BCUT2D eigenvalue weighted by Gasteiger charge is -2.15. The zero-order chi connectivity index (χ0) is 20.6. The summed E-state index contributed by atoms with van der Waals surface area (Å²) in [6.45, 7) is 1.88. The van der Waals surface area contributed by atoms with E-state index in [1.165, 1.54) is 12.1 Å². The lowest BCUT2D eigenvalue weighted by atomic mass is 10.00. The number of aromatic amines is 1. The third-order valence-electron chi connectivity index (χ3n) is 4.61. The second-order valence-electron chi connectivity index (χ2n) is 6.68. The summed E-state index contributed by atoms with van der Waals surface area (Å²) in [5.41, 5.74) is 2.32. The van der Waals surface area contributed by atoms with Crippen molar-refractivity contribution in [2.24, 2.45) is 0 Å². The number of nitrogens with one attached hydrogen (secondary N) is 2. The number of aromatic nitrogens is 1. The molecule has 0 aliphatic heterocycles. The molecule has 0 aliphatic carbocycles. The SMILES string of the molecule is Cc1ccc(S(=O)(=O)Nc2c(-c3ccccc3)c3cc(Br)ccc3[nH]c2=O)cc1. The predicted octanol–water partition coefficient (Wildman–Crippen LogP) is 5.07. The summed E-state index contributed by atoms with van der Waals surface area (Å²) in [7, 11) is -3.94. The standard InChI is InChI=1S/C22H17BrN2O3S/c1-14-7-10-17(11-8-14)29(27,28)25-21-20(15-5-3-2-4-6-15)18-13-16(23)9-12-19(18)24-22(21)26/h2-13,25H,1H3,(H,24,26). The van der Waals surface area contributed by atoms with Crippen LogP contribution in [0, 0.1) is 6.92 Å². The van der Waals surface area contributed by atoms with Crippen molar-refractivity contribution in [3.05, 3.63) is 93.2 Å². The molecule has 4 aromatic rings. The van der Waals surface area contributed by atoms with E-state index in [1.807, 2.05) is 49.4 Å². The second kappa shape index (κ2) is 7.50. The zero-order valence-corrected chi connectivity index (χ0v) is 17.8. The van der Waals surface area contributed by atoms with Crippen molar-refractivity contribution in [3.8, 4) is 11.1 Å². The highest BCUT2D eigenvalue weighted by Gasteiger charge is 2.21. The van der Waals surface area contributed by atoms with Gasteiger partial charge in [0.05, 0.1) is 4.90 Å². The van der Waals surface area contributed by atoms with E-state index in [0.717, 1.165) is 21.0 Å². The molecule has 5 nitrogen and oxygen atoms in total. The first-order valence-electron chi connectivity index (χ1n) is 8.85. The Labute approximate surface area is 176 Å². The number of sulfonamides is 1. The van der Waals surface area contributed by atoms with Crippen molar-refractivity contribution >= 4 is 42.5 Å². The summed E-state index contributed by atoms with van der Waals surface area (Å²) in [6, 6.07) is 21.2. The molecule has 29 heavy (non-hydrogen) atoms. The van der Waals surface area contributed by atoms with Crippen molar-refractivity contribution in [2.75, 3.05) is 4.72 Å². The average molecular weight is 469 g/mol. The van der Waals surface area contributed by atoms with Crippen molar-refractivity contribution in [3.63, 3.8) is 0 Å². The van der Waals surface area contributed by atoms with Crippen LogP contribution in [0.5, 0.6) is 0 Å². The number of aryl methyl sites for hydroxylation is 1. The second-order valence-corrected chi connectivity index (χ2v) is 9.28. The number of H-pyrrole nitrogens is 1. The van der Waals surface area contributed by atoms with Crippen LogP contribution in [0.1, 0.15) is 5.56 Å². The molecule has 1 aromatic heterocycles. The normalized spacial score (nSPS) is 11.5. The number of anilines is 1. The largest absolute Gasteiger partial charge is 0.320 e. The molecule has 146 valence electrons. The Balaban J connectivity index is 1.98. The van der Waals surface area contributed by atoms with Crippen molar-refractivity contribution < 1.29 is 8.42 Å². The molecule has 0 atom stereocenters. The number of hydrogen-bond donors (Lipinski definition) is 2. The molecule has 0 unspecified atom stereocenters. The Kier molecular flexibility index (Phi) is 5.02. The molecule has 2 N–H and O–H groups in total. The highest BCUT2D eigenvalue weighted by Crippen LogP contribution is 2.34. The lowest BCUT2D eigenvalue weighted by Crippen LogP contribution is -2.21. The van der Waals surface area contributed by atoms with Gasteiger partial charge in [-0.2, -0.15) is 0 Å². The number of pyridine rings is 1. The first-order chi connectivity index (χ1) is 13.8. The molecular formula is C22H17BrN2O3S. The molecular weight excluding hydrogens is 452 g/mol. The van der Waals surface area contributed by atoms with Crippen molar-refractivity contribution in [2.45, 2.75) is 11.8 Å². The number of rotatable bonds is 4. The maximum absolute atomic E-state index is 13.0. The average Bonchev–Trinajstić information content (AvgIpc) is 2.70. The smallest absolute Gasteiger partial charge is 0.273 e. The molecule has 3 aromatic carbocycles. The molecule has 1 heterocycles. The summed E-state index contributed by atoms with van der Waals surface area (Å²) < 4.78 is 29.3. The summed E-state index contributed by atoms with van der Waals surface area (Å²) in [5, 5.41) is 0.729. The maximum atomic E-state index is 13.0. The summed E-state index contributed by atoms with van der Waals surface area (Å²) >= 11 is 3.46. The van der Waals surface area contributed by atoms with E-state index in [9.17, 15) is 13.2 Å². The van der Waals surface area contributed by atoms with Crippen LogP contribution in [0.25, 0.3) is 22.0 Å². The fourth-order valence-electron chi connectivity index (χ4n) is 3.18. The molecule has 0 saturated carbocycles. The topological polar surface area (TPSA) is 79.0 Å². The summed E-state index contributed by atoms with van der Waals surface area (Å²) in [6.07, 6.45) is 0. The zero-order valence-electron chi connectivity index (χ0n) is 15.4. The van der Waals surface area contributed by atoms with Crippen LogP contribution in [0.4, 0.5) is 5.69 Å². The fraction of sp³-hybridized carbons (Fsp3) is 0.0455. The maximum Gasteiger partial charge on any atom is 0.273 e. The minimum absolute atomic E-state index is 0.0117. The molecule has 0 aliphatic rings. The minimum atomic E-state index is -3.94. The third kappa shape index (κ3) is 3.83. The number of fused-ring (bicyclic) bond motifs is 1. The molecule has 0 bridgehead atoms. The van der Waals surface area contributed by atoms with E-state index in [1.54, 1.807) is 18.2 Å². The van der Waals surface area contributed by atoms with Crippen LogP contribution in [-0.2, 0) is 10.0 Å². The Morgan fingerprint density at radius 2 is 1.62 bits per heavy atom. The van der Waals surface area contributed by atoms with Gasteiger partial charge >= 0.3 is 0 Å². The Morgan fingerprint density at radius 3 is 2.31 bits per heavy atom. The van der Waals surface area contributed by atoms with Gasteiger partial charge in [0.1, 0.15) is 5.69 Å². The molecule has 0 fully saturated rings. The first-order valence-corrected chi connectivity index (χ1v) is 11.1. The van der Waals surface area contributed by atoms with E-state index in [-0.39, 0.29) is 10.6 Å². The van der Waals surface area contributed by atoms with Crippen LogP contribution >= 0.6 is 15.9 Å².